The second-order valence-corrected chi connectivity index (χ2v) is 8.18. The summed E-state index contributed by atoms with van der Waals surface area (Å²) < 4.78 is 26.7. The molecule has 0 aliphatic heterocycles. The molecule has 0 spiro atoms. The van der Waals surface area contributed by atoms with Crippen molar-refractivity contribution >= 4 is 39.8 Å². The fourth-order valence-corrected chi connectivity index (χ4v) is 4.08. The van der Waals surface area contributed by atoms with Crippen LogP contribution in [0.3, 0.4) is 0 Å². The molecule has 0 saturated heterocycles. The molecule has 2 N–H and O–H groups in total. The molecule has 27 heavy (non-hydrogen) atoms. The molecule has 9 heteroatoms. The zero-order valence-electron chi connectivity index (χ0n) is 14.3. The summed E-state index contributed by atoms with van der Waals surface area (Å²) in [5.74, 6) is -0.808. The van der Waals surface area contributed by atoms with Gasteiger partial charge in [-0.2, -0.15) is 0 Å². The molecule has 0 aliphatic rings. The number of halogens is 2. The van der Waals surface area contributed by atoms with Crippen molar-refractivity contribution in [1.29, 1.82) is 0 Å². The number of rotatable bonds is 7. The van der Waals surface area contributed by atoms with Crippen molar-refractivity contribution in [1.82, 2.24) is 15.5 Å². The van der Waals surface area contributed by atoms with Crippen molar-refractivity contribution in [2.45, 2.75) is 23.1 Å². The first-order chi connectivity index (χ1) is 13.0. The van der Waals surface area contributed by atoms with Gasteiger partial charge in [-0.3, -0.25) is 4.79 Å². The first-order valence-electron chi connectivity index (χ1n) is 8.04. The number of carbonyl (C=O) groups is 1. The number of aromatic nitrogens is 2. The average molecular weight is 406 g/mol. The van der Waals surface area contributed by atoms with Crippen LogP contribution in [0.25, 0.3) is 0 Å². The lowest BCUT2D eigenvalue weighted by Crippen LogP contribution is -2.30. The molecule has 0 aliphatic carbocycles. The van der Waals surface area contributed by atoms with E-state index in [0.717, 1.165) is 5.56 Å². The van der Waals surface area contributed by atoms with Crippen LogP contribution < -0.4 is 10.6 Å². The second kappa shape index (κ2) is 8.92. The third kappa shape index (κ3) is 5.73. The number of nitrogens with one attached hydrogen (secondary N) is 2. The topological polar surface area (TPSA) is 66.9 Å². The molecule has 1 heterocycles. The first-order valence-corrected chi connectivity index (χ1v) is 9.74. The summed E-state index contributed by atoms with van der Waals surface area (Å²) in [4.78, 5) is 12.2. The highest BCUT2D eigenvalue weighted by molar-refractivity contribution is 8.02. The van der Waals surface area contributed by atoms with E-state index in [1.54, 1.807) is 31.2 Å². The summed E-state index contributed by atoms with van der Waals surface area (Å²) in [5, 5.41) is 14.0. The highest BCUT2D eigenvalue weighted by atomic mass is 32.2. The van der Waals surface area contributed by atoms with Gasteiger partial charge in [0.25, 0.3) is 0 Å². The Kier molecular flexibility index (Phi) is 6.36. The molecule has 3 rings (SSSR count). The summed E-state index contributed by atoms with van der Waals surface area (Å²) >= 11 is 2.56. The Morgan fingerprint density at radius 3 is 2.67 bits per heavy atom. The van der Waals surface area contributed by atoms with Gasteiger partial charge in [-0.15, -0.1) is 10.2 Å². The maximum absolute atomic E-state index is 13.2. The van der Waals surface area contributed by atoms with E-state index in [1.807, 2.05) is 0 Å². The van der Waals surface area contributed by atoms with Crippen LogP contribution in [0.15, 0.2) is 52.9 Å². The molecule has 3 aromatic rings. The number of thioether (sulfide) groups is 1. The molecule has 0 bridgehead atoms. The third-order valence-electron chi connectivity index (χ3n) is 3.51. The summed E-state index contributed by atoms with van der Waals surface area (Å²) in [6, 6.07) is 12.0. The van der Waals surface area contributed by atoms with Gasteiger partial charge in [-0.05, 0) is 42.8 Å². The van der Waals surface area contributed by atoms with E-state index in [1.165, 1.54) is 47.4 Å². The maximum Gasteiger partial charge on any atom is 0.233 e. The zero-order chi connectivity index (χ0) is 19.2. The molecular formula is C18H16F2N4OS2. The molecule has 1 amide bonds. The molecule has 0 saturated carbocycles. The SMILES string of the molecule is CC(Sc1nnc(Nc2cccc(F)c2)s1)C(=O)NCc1ccc(F)cc1. The minimum Gasteiger partial charge on any atom is -0.351 e. The van der Waals surface area contributed by atoms with Crippen molar-refractivity contribution in [2.75, 3.05) is 5.32 Å². The molecule has 0 fully saturated rings. The van der Waals surface area contributed by atoms with Gasteiger partial charge in [0.1, 0.15) is 11.6 Å². The molecular weight excluding hydrogens is 390 g/mol. The van der Waals surface area contributed by atoms with E-state index in [9.17, 15) is 13.6 Å². The van der Waals surface area contributed by atoms with Crippen molar-refractivity contribution in [3.8, 4) is 0 Å². The van der Waals surface area contributed by atoms with Crippen LogP contribution >= 0.6 is 23.1 Å². The van der Waals surface area contributed by atoms with Gasteiger partial charge in [0, 0.05) is 12.2 Å². The van der Waals surface area contributed by atoms with Crippen LogP contribution in [0.4, 0.5) is 19.6 Å². The van der Waals surface area contributed by atoms with E-state index < -0.39 is 0 Å². The number of anilines is 2. The molecule has 0 radical (unpaired) electrons. The molecule has 2 aromatic carbocycles. The van der Waals surface area contributed by atoms with Gasteiger partial charge in [0.15, 0.2) is 4.34 Å². The molecule has 140 valence electrons. The van der Waals surface area contributed by atoms with Gasteiger partial charge in [-0.1, -0.05) is 41.3 Å². The van der Waals surface area contributed by atoms with Crippen LogP contribution in [0.2, 0.25) is 0 Å². The smallest absolute Gasteiger partial charge is 0.233 e. The highest BCUT2D eigenvalue weighted by Gasteiger charge is 2.17. The minimum atomic E-state index is -0.375. The van der Waals surface area contributed by atoms with E-state index in [0.29, 0.717) is 21.7 Å². The Hall–Kier alpha value is -2.52. The lowest BCUT2D eigenvalue weighted by molar-refractivity contribution is -0.120. The Balaban J connectivity index is 1.51. The van der Waals surface area contributed by atoms with Crippen molar-refractivity contribution in [3.05, 3.63) is 65.7 Å². The molecule has 1 unspecified atom stereocenters. The molecule has 1 aromatic heterocycles. The summed E-state index contributed by atoms with van der Waals surface area (Å²) in [6.07, 6.45) is 0. The van der Waals surface area contributed by atoms with Crippen molar-refractivity contribution < 1.29 is 13.6 Å². The largest absolute Gasteiger partial charge is 0.351 e. The zero-order valence-corrected chi connectivity index (χ0v) is 15.9. The lowest BCUT2D eigenvalue weighted by Gasteiger charge is -2.10. The van der Waals surface area contributed by atoms with E-state index in [2.05, 4.69) is 20.8 Å². The van der Waals surface area contributed by atoms with E-state index in [-0.39, 0.29) is 22.8 Å². The maximum atomic E-state index is 13.2. The number of benzene rings is 2. The van der Waals surface area contributed by atoms with Crippen LogP contribution in [0.5, 0.6) is 0 Å². The van der Waals surface area contributed by atoms with Gasteiger partial charge < -0.3 is 10.6 Å². The Morgan fingerprint density at radius 2 is 1.93 bits per heavy atom. The highest BCUT2D eigenvalue weighted by Crippen LogP contribution is 2.30. The number of nitrogens with zero attached hydrogens (tertiary/aromatic N) is 2. The average Bonchev–Trinajstić information content (AvgIpc) is 3.07. The van der Waals surface area contributed by atoms with Gasteiger partial charge in [0.05, 0.1) is 5.25 Å². The Bertz CT molecular complexity index is 918. The summed E-state index contributed by atoms with van der Waals surface area (Å²) in [6.45, 7) is 2.10. The fraction of sp³-hybridized carbons (Fsp3) is 0.167. The summed E-state index contributed by atoms with van der Waals surface area (Å²) in [7, 11) is 0. The van der Waals surface area contributed by atoms with Gasteiger partial charge in [0.2, 0.25) is 11.0 Å². The van der Waals surface area contributed by atoms with Crippen molar-refractivity contribution in [2.24, 2.45) is 0 Å². The first kappa shape index (κ1) is 19.2. The van der Waals surface area contributed by atoms with E-state index >= 15 is 0 Å². The number of amides is 1. The van der Waals surface area contributed by atoms with Crippen molar-refractivity contribution in [3.63, 3.8) is 0 Å². The lowest BCUT2D eigenvalue weighted by atomic mass is 10.2. The molecule has 1 atom stereocenters. The fourth-order valence-electron chi connectivity index (χ4n) is 2.14. The van der Waals surface area contributed by atoms with Crippen LogP contribution in [-0.4, -0.2) is 21.4 Å². The molecule has 5 nitrogen and oxygen atoms in total. The van der Waals surface area contributed by atoms with Gasteiger partial charge >= 0.3 is 0 Å². The van der Waals surface area contributed by atoms with Crippen LogP contribution in [0.1, 0.15) is 12.5 Å². The predicted octanol–water partition coefficient (Wildman–Crippen LogP) is 4.36. The predicted molar refractivity (Wildman–Crippen MR) is 103 cm³/mol. The number of hydrogen-bond acceptors (Lipinski definition) is 6. The van der Waals surface area contributed by atoms with Gasteiger partial charge in [-0.25, -0.2) is 8.78 Å². The third-order valence-corrected chi connectivity index (χ3v) is 5.53. The minimum absolute atomic E-state index is 0.154. The quantitative estimate of drug-likeness (QED) is 0.571. The van der Waals surface area contributed by atoms with Crippen LogP contribution in [-0.2, 0) is 11.3 Å². The second-order valence-electron chi connectivity index (χ2n) is 5.61. The normalized spacial score (nSPS) is 11.8. The van der Waals surface area contributed by atoms with Crippen LogP contribution in [0, 0.1) is 11.6 Å². The monoisotopic (exact) mass is 406 g/mol. The summed E-state index contributed by atoms with van der Waals surface area (Å²) in [5.41, 5.74) is 1.40. The Labute approximate surface area is 163 Å². The standard InChI is InChI=1S/C18H16F2N4OS2/c1-11(16(25)21-10-12-5-7-13(19)8-6-12)26-18-24-23-17(27-18)22-15-4-2-3-14(20)9-15/h2-9,11H,10H2,1H3,(H,21,25)(H,22,23). The number of hydrogen-bond donors (Lipinski definition) is 2. The Morgan fingerprint density at radius 1 is 1.15 bits per heavy atom. The number of carbonyl (C=O) groups excluding carboxylic acids is 1. The van der Waals surface area contributed by atoms with E-state index in [4.69, 9.17) is 0 Å².